The van der Waals surface area contributed by atoms with Crippen molar-refractivity contribution in [2.24, 2.45) is 5.92 Å². The van der Waals surface area contributed by atoms with Crippen LogP contribution in [0.1, 0.15) is 32.1 Å². The second-order valence-corrected chi connectivity index (χ2v) is 6.34. The number of ether oxygens (including phenoxy) is 1. The summed E-state index contributed by atoms with van der Waals surface area (Å²) in [6.07, 6.45) is 7.16. The molecule has 2 nitrogen and oxygen atoms in total. The van der Waals surface area contributed by atoms with E-state index in [-0.39, 0.29) is 0 Å². The largest absolute Gasteiger partial charge is 0.496 e. The van der Waals surface area contributed by atoms with Crippen molar-refractivity contribution < 1.29 is 4.74 Å². The van der Waals surface area contributed by atoms with Gasteiger partial charge in [-0.25, -0.2) is 0 Å². The van der Waals surface area contributed by atoms with Crippen molar-refractivity contribution in [3.05, 3.63) is 24.3 Å². The van der Waals surface area contributed by atoms with Gasteiger partial charge >= 0.3 is 0 Å². The van der Waals surface area contributed by atoms with Crippen molar-refractivity contribution in [1.82, 2.24) is 5.32 Å². The lowest BCUT2D eigenvalue weighted by Crippen LogP contribution is -2.26. The zero-order chi connectivity index (χ0) is 13.3. The molecule has 0 aromatic heterocycles. The number of methoxy groups -OCH3 is 1. The van der Waals surface area contributed by atoms with Crippen LogP contribution in [0.5, 0.6) is 5.75 Å². The first-order valence-corrected chi connectivity index (χ1v) is 8.35. The van der Waals surface area contributed by atoms with Crippen LogP contribution >= 0.6 is 11.8 Å². The lowest BCUT2D eigenvalue weighted by atomic mass is 9.89. The van der Waals surface area contributed by atoms with Crippen LogP contribution in [-0.2, 0) is 0 Å². The van der Waals surface area contributed by atoms with Crippen LogP contribution in [0, 0.1) is 5.92 Å². The van der Waals surface area contributed by atoms with Crippen molar-refractivity contribution in [3.63, 3.8) is 0 Å². The summed E-state index contributed by atoms with van der Waals surface area (Å²) >= 11 is 1.87. The van der Waals surface area contributed by atoms with Crippen LogP contribution in [0.3, 0.4) is 0 Å². The van der Waals surface area contributed by atoms with Crippen molar-refractivity contribution in [3.8, 4) is 5.75 Å². The van der Waals surface area contributed by atoms with Gasteiger partial charge in [0.15, 0.2) is 0 Å². The van der Waals surface area contributed by atoms with E-state index in [0.29, 0.717) is 0 Å². The molecule has 0 spiro atoms. The molecule has 19 heavy (non-hydrogen) atoms. The molecule has 1 fully saturated rings. The quantitative estimate of drug-likeness (QED) is 0.603. The molecular formula is C16H25NOS. The molecule has 1 aromatic carbocycles. The third-order valence-electron chi connectivity index (χ3n) is 3.76. The van der Waals surface area contributed by atoms with Gasteiger partial charge in [0.25, 0.3) is 0 Å². The number of benzene rings is 1. The minimum absolute atomic E-state index is 0.921. The van der Waals surface area contributed by atoms with E-state index in [9.17, 15) is 0 Å². The molecule has 0 unspecified atom stereocenters. The van der Waals surface area contributed by atoms with Gasteiger partial charge in [0.2, 0.25) is 0 Å². The maximum atomic E-state index is 5.36. The average molecular weight is 279 g/mol. The number of thioether (sulfide) groups is 1. The van der Waals surface area contributed by atoms with E-state index in [2.05, 4.69) is 17.4 Å². The fourth-order valence-corrected chi connectivity index (χ4v) is 3.60. The second-order valence-electron chi connectivity index (χ2n) is 5.21. The minimum Gasteiger partial charge on any atom is -0.496 e. The molecule has 1 aliphatic carbocycles. The Morgan fingerprint density at radius 2 is 2.00 bits per heavy atom. The molecule has 3 heteroatoms. The van der Waals surface area contributed by atoms with Crippen molar-refractivity contribution in [1.29, 1.82) is 0 Å². The van der Waals surface area contributed by atoms with Crippen molar-refractivity contribution >= 4 is 11.8 Å². The highest BCUT2D eigenvalue weighted by atomic mass is 32.2. The Kier molecular flexibility index (Phi) is 6.58. The third-order valence-corrected chi connectivity index (χ3v) is 4.82. The molecule has 0 saturated heterocycles. The highest BCUT2D eigenvalue weighted by Crippen LogP contribution is 2.28. The first-order valence-electron chi connectivity index (χ1n) is 7.36. The number of hydrogen-bond donors (Lipinski definition) is 1. The lowest BCUT2D eigenvalue weighted by molar-refractivity contribution is 0.345. The summed E-state index contributed by atoms with van der Waals surface area (Å²) in [6, 6.07) is 8.24. The molecule has 1 saturated carbocycles. The molecule has 0 bridgehead atoms. The molecular weight excluding hydrogens is 254 g/mol. The summed E-state index contributed by atoms with van der Waals surface area (Å²) in [7, 11) is 1.74. The van der Waals surface area contributed by atoms with Gasteiger partial charge in [-0.1, -0.05) is 31.4 Å². The Labute approximate surface area is 121 Å². The van der Waals surface area contributed by atoms with Crippen LogP contribution in [0.25, 0.3) is 0 Å². The average Bonchev–Trinajstić information content (AvgIpc) is 2.48. The van der Waals surface area contributed by atoms with Crippen molar-refractivity contribution in [2.75, 3.05) is 26.0 Å². The minimum atomic E-state index is 0.921. The molecule has 1 aliphatic rings. The molecule has 0 radical (unpaired) electrons. The number of nitrogens with one attached hydrogen (secondary N) is 1. The normalized spacial score (nSPS) is 16.5. The molecule has 0 heterocycles. The zero-order valence-electron chi connectivity index (χ0n) is 11.9. The molecule has 1 N–H and O–H groups in total. The van der Waals surface area contributed by atoms with E-state index >= 15 is 0 Å². The van der Waals surface area contributed by atoms with Gasteiger partial charge in [-0.05, 0) is 37.4 Å². The molecule has 0 atom stereocenters. The number of rotatable bonds is 7. The van der Waals surface area contributed by atoms with Gasteiger partial charge in [-0.2, -0.15) is 0 Å². The van der Waals surface area contributed by atoms with E-state index in [4.69, 9.17) is 4.74 Å². The summed E-state index contributed by atoms with van der Waals surface area (Å²) in [5, 5.41) is 3.60. The zero-order valence-corrected chi connectivity index (χ0v) is 12.7. The Hall–Kier alpha value is -0.670. The Morgan fingerprint density at radius 3 is 2.79 bits per heavy atom. The van der Waals surface area contributed by atoms with Gasteiger partial charge < -0.3 is 10.1 Å². The predicted molar refractivity (Wildman–Crippen MR) is 83.2 cm³/mol. The second kappa shape index (κ2) is 8.49. The lowest BCUT2D eigenvalue weighted by Gasteiger charge is -2.21. The summed E-state index contributed by atoms with van der Waals surface area (Å²) < 4.78 is 5.36. The fourth-order valence-electron chi connectivity index (χ4n) is 2.67. The van der Waals surface area contributed by atoms with E-state index in [1.54, 1.807) is 7.11 Å². The summed E-state index contributed by atoms with van der Waals surface area (Å²) in [6.45, 7) is 2.28. The van der Waals surface area contributed by atoms with Gasteiger partial charge in [-0.3, -0.25) is 0 Å². The highest BCUT2D eigenvalue weighted by Gasteiger charge is 2.12. The van der Waals surface area contributed by atoms with Crippen LogP contribution in [0.4, 0.5) is 0 Å². The molecule has 1 aromatic rings. The van der Waals surface area contributed by atoms with Crippen LogP contribution in [0.2, 0.25) is 0 Å². The topological polar surface area (TPSA) is 21.3 Å². The SMILES string of the molecule is COc1ccccc1SCCNCC1CCCCC1. The van der Waals surface area contributed by atoms with Crippen LogP contribution in [-0.4, -0.2) is 26.0 Å². The molecule has 106 valence electrons. The molecule has 0 aliphatic heterocycles. The monoisotopic (exact) mass is 279 g/mol. The maximum absolute atomic E-state index is 5.36. The molecule has 0 amide bonds. The summed E-state index contributed by atoms with van der Waals surface area (Å²) in [4.78, 5) is 1.24. The Balaban J connectivity index is 1.61. The van der Waals surface area contributed by atoms with Gasteiger partial charge in [0.05, 0.1) is 7.11 Å². The van der Waals surface area contributed by atoms with E-state index in [0.717, 1.165) is 24.0 Å². The molecule has 2 rings (SSSR count). The van der Waals surface area contributed by atoms with Crippen LogP contribution < -0.4 is 10.1 Å². The number of hydrogen-bond acceptors (Lipinski definition) is 3. The fraction of sp³-hybridized carbons (Fsp3) is 0.625. The first-order chi connectivity index (χ1) is 9.40. The summed E-state index contributed by atoms with van der Waals surface area (Å²) in [5.41, 5.74) is 0. The van der Waals surface area contributed by atoms with Gasteiger partial charge in [-0.15, -0.1) is 11.8 Å². The van der Waals surface area contributed by atoms with E-state index in [1.807, 2.05) is 23.9 Å². The predicted octanol–water partition coefficient (Wildman–Crippen LogP) is 3.96. The van der Waals surface area contributed by atoms with Crippen molar-refractivity contribution in [2.45, 2.75) is 37.0 Å². The maximum Gasteiger partial charge on any atom is 0.132 e. The van der Waals surface area contributed by atoms with E-state index in [1.165, 1.54) is 43.5 Å². The van der Waals surface area contributed by atoms with E-state index < -0.39 is 0 Å². The highest BCUT2D eigenvalue weighted by molar-refractivity contribution is 7.99. The number of para-hydroxylation sites is 1. The Bertz CT molecular complexity index is 364. The van der Waals surface area contributed by atoms with Gasteiger partial charge in [0, 0.05) is 17.2 Å². The smallest absolute Gasteiger partial charge is 0.132 e. The first kappa shape index (κ1) is 14.7. The standard InChI is InChI=1S/C16H25NOS/c1-18-15-9-5-6-10-16(15)19-12-11-17-13-14-7-3-2-4-8-14/h5-6,9-10,14,17H,2-4,7-8,11-13H2,1H3. The third kappa shape index (κ3) is 5.07. The van der Waals surface area contributed by atoms with Gasteiger partial charge in [0.1, 0.15) is 5.75 Å². The van der Waals surface area contributed by atoms with Crippen LogP contribution in [0.15, 0.2) is 29.2 Å². The Morgan fingerprint density at radius 1 is 1.21 bits per heavy atom. The summed E-state index contributed by atoms with van der Waals surface area (Å²) in [5.74, 6) is 3.01.